The van der Waals surface area contributed by atoms with E-state index < -0.39 is 5.97 Å². The number of nitrogens with two attached hydrogens (primary N) is 1. The molecule has 1 unspecified atom stereocenters. The van der Waals surface area contributed by atoms with E-state index in [4.69, 9.17) is 15.6 Å². The minimum atomic E-state index is -0.926. The molecule has 0 spiro atoms. The number of aliphatic carboxylic acids is 1. The lowest BCUT2D eigenvalue weighted by molar-refractivity contribution is -0.141. The van der Waals surface area contributed by atoms with E-state index >= 15 is 0 Å². The lowest BCUT2D eigenvalue weighted by atomic mass is 9.95. The zero-order chi connectivity index (χ0) is 18.2. The molecule has 6 heteroatoms. The van der Waals surface area contributed by atoms with Crippen LogP contribution < -0.4 is 10.5 Å². The topological polar surface area (TPSA) is 92.9 Å². The highest BCUT2D eigenvalue weighted by Crippen LogP contribution is 2.22. The Kier molecular flexibility index (Phi) is 7.25. The molecule has 0 aliphatic carbocycles. The maximum atomic E-state index is 12.1. The number of likely N-dealkylation sites (tertiary alicyclic amines) is 1. The van der Waals surface area contributed by atoms with E-state index in [1.54, 1.807) is 4.90 Å². The van der Waals surface area contributed by atoms with Crippen LogP contribution in [-0.4, -0.2) is 41.6 Å². The van der Waals surface area contributed by atoms with Gasteiger partial charge in [0.05, 0.1) is 13.0 Å². The number of aryl methyl sites for hydroxylation is 1. The number of carbonyl (C=O) groups is 2. The molecular weight excluding hydrogens is 320 g/mol. The van der Waals surface area contributed by atoms with Gasteiger partial charge >= 0.3 is 5.97 Å². The van der Waals surface area contributed by atoms with Gasteiger partial charge < -0.3 is 20.5 Å². The van der Waals surface area contributed by atoms with E-state index in [0.29, 0.717) is 25.6 Å². The minimum Gasteiger partial charge on any atom is -0.494 e. The summed E-state index contributed by atoms with van der Waals surface area (Å²) in [6, 6.07) is 5.95. The van der Waals surface area contributed by atoms with Crippen molar-refractivity contribution in [2.45, 2.75) is 45.6 Å². The van der Waals surface area contributed by atoms with Crippen LogP contribution in [0.1, 0.15) is 43.2 Å². The number of rotatable bonds is 8. The summed E-state index contributed by atoms with van der Waals surface area (Å²) < 4.78 is 5.84. The molecule has 138 valence electrons. The summed E-state index contributed by atoms with van der Waals surface area (Å²) in [7, 11) is 0. The van der Waals surface area contributed by atoms with E-state index in [-0.39, 0.29) is 18.7 Å². The second-order valence-corrected chi connectivity index (χ2v) is 6.67. The summed E-state index contributed by atoms with van der Waals surface area (Å²) in [5, 5.41) is 8.70. The first-order chi connectivity index (χ1) is 12.0. The molecule has 1 heterocycles. The molecule has 1 saturated heterocycles. The summed E-state index contributed by atoms with van der Waals surface area (Å²) in [6.45, 7) is 4.56. The monoisotopic (exact) mass is 348 g/mol. The zero-order valence-electron chi connectivity index (χ0n) is 14.9. The first kappa shape index (κ1) is 19.2. The van der Waals surface area contributed by atoms with Crippen LogP contribution in [0.3, 0.4) is 0 Å². The number of hydrogen-bond acceptors (Lipinski definition) is 4. The van der Waals surface area contributed by atoms with Gasteiger partial charge in [-0.15, -0.1) is 0 Å². The highest BCUT2D eigenvalue weighted by molar-refractivity contribution is 5.80. The molecule has 1 amide bonds. The Hall–Kier alpha value is -2.08. The maximum Gasteiger partial charge on any atom is 0.303 e. The first-order valence-electron chi connectivity index (χ1n) is 8.91. The lowest BCUT2D eigenvalue weighted by Crippen LogP contribution is -2.40. The Balaban J connectivity index is 1.77. The van der Waals surface area contributed by atoms with Crippen LogP contribution >= 0.6 is 0 Å². The average molecular weight is 348 g/mol. The van der Waals surface area contributed by atoms with Gasteiger partial charge in [-0.3, -0.25) is 9.59 Å². The van der Waals surface area contributed by atoms with E-state index in [2.05, 4.69) is 0 Å². The second kappa shape index (κ2) is 9.42. The summed E-state index contributed by atoms with van der Waals surface area (Å²) >= 11 is 0. The summed E-state index contributed by atoms with van der Waals surface area (Å²) in [5.74, 6) is 0.252. The van der Waals surface area contributed by atoms with Crippen LogP contribution in [0, 0.1) is 12.8 Å². The van der Waals surface area contributed by atoms with Crippen molar-refractivity contribution in [1.29, 1.82) is 0 Å². The van der Waals surface area contributed by atoms with Crippen molar-refractivity contribution in [3.63, 3.8) is 0 Å². The lowest BCUT2D eigenvalue weighted by Gasteiger charge is -2.32. The number of benzene rings is 1. The largest absolute Gasteiger partial charge is 0.494 e. The van der Waals surface area contributed by atoms with Crippen LogP contribution in [-0.2, 0) is 16.1 Å². The minimum absolute atomic E-state index is 0.0564. The number of hydrogen-bond donors (Lipinski definition) is 2. The molecule has 6 nitrogen and oxygen atoms in total. The fourth-order valence-electron chi connectivity index (χ4n) is 3.20. The third-order valence-electron chi connectivity index (χ3n) is 4.76. The molecule has 0 bridgehead atoms. The van der Waals surface area contributed by atoms with Gasteiger partial charge in [-0.1, -0.05) is 6.07 Å². The van der Waals surface area contributed by atoms with E-state index in [1.165, 1.54) is 0 Å². The molecule has 1 aromatic rings. The molecule has 25 heavy (non-hydrogen) atoms. The third kappa shape index (κ3) is 6.05. The van der Waals surface area contributed by atoms with Gasteiger partial charge in [-0.25, -0.2) is 0 Å². The number of carboxylic acids is 1. The fraction of sp³-hybridized carbons (Fsp3) is 0.579. The average Bonchev–Trinajstić information content (AvgIpc) is 2.61. The highest BCUT2D eigenvalue weighted by Gasteiger charge is 2.23. The number of carboxylic acid groups (broad SMARTS) is 1. The van der Waals surface area contributed by atoms with Gasteiger partial charge in [0.15, 0.2) is 0 Å². The third-order valence-corrected chi connectivity index (χ3v) is 4.76. The smallest absolute Gasteiger partial charge is 0.303 e. The van der Waals surface area contributed by atoms with Crippen molar-refractivity contribution in [3.05, 3.63) is 29.3 Å². The quantitative estimate of drug-likeness (QED) is 0.752. The Morgan fingerprint density at radius 2 is 2.16 bits per heavy atom. The zero-order valence-corrected chi connectivity index (χ0v) is 14.9. The molecule has 1 aromatic carbocycles. The van der Waals surface area contributed by atoms with Crippen LogP contribution in [0.5, 0.6) is 5.75 Å². The first-order valence-corrected chi connectivity index (χ1v) is 8.91. The van der Waals surface area contributed by atoms with Gasteiger partial charge in [0.2, 0.25) is 5.91 Å². The van der Waals surface area contributed by atoms with Crippen LogP contribution in [0.25, 0.3) is 0 Å². The molecular formula is C19H28N2O4. The van der Waals surface area contributed by atoms with Crippen molar-refractivity contribution in [2.24, 2.45) is 11.7 Å². The van der Waals surface area contributed by atoms with Gasteiger partial charge in [-0.2, -0.15) is 0 Å². The SMILES string of the molecule is Cc1ccc(OCCC2CCCN(C(=O)CCC(=O)O)C2)cc1CN. The second-order valence-electron chi connectivity index (χ2n) is 6.67. The number of carbonyl (C=O) groups excluding carboxylic acids is 1. The molecule has 1 fully saturated rings. The van der Waals surface area contributed by atoms with Gasteiger partial charge in [-0.05, 0) is 55.4 Å². The molecule has 1 atom stereocenters. The Morgan fingerprint density at radius 3 is 2.88 bits per heavy atom. The molecule has 0 radical (unpaired) electrons. The van der Waals surface area contributed by atoms with Crippen molar-refractivity contribution < 1.29 is 19.4 Å². The van der Waals surface area contributed by atoms with E-state index in [1.807, 2.05) is 25.1 Å². The molecule has 0 saturated carbocycles. The van der Waals surface area contributed by atoms with Crippen LogP contribution in [0.15, 0.2) is 18.2 Å². The van der Waals surface area contributed by atoms with Crippen molar-refractivity contribution >= 4 is 11.9 Å². The highest BCUT2D eigenvalue weighted by atomic mass is 16.5. The Morgan fingerprint density at radius 1 is 1.36 bits per heavy atom. The Labute approximate surface area is 149 Å². The van der Waals surface area contributed by atoms with Crippen LogP contribution in [0.2, 0.25) is 0 Å². The fourth-order valence-corrected chi connectivity index (χ4v) is 3.20. The summed E-state index contributed by atoms with van der Waals surface area (Å²) in [6.07, 6.45) is 2.91. The number of amides is 1. The number of piperidine rings is 1. The molecule has 1 aliphatic rings. The predicted octanol–water partition coefficient (Wildman–Crippen LogP) is 2.33. The van der Waals surface area contributed by atoms with Crippen LogP contribution in [0.4, 0.5) is 0 Å². The van der Waals surface area contributed by atoms with Crippen molar-refractivity contribution in [2.75, 3.05) is 19.7 Å². The number of nitrogens with zero attached hydrogens (tertiary/aromatic N) is 1. The Bertz CT molecular complexity index is 603. The predicted molar refractivity (Wildman–Crippen MR) is 95.4 cm³/mol. The summed E-state index contributed by atoms with van der Waals surface area (Å²) in [5.41, 5.74) is 7.98. The number of ether oxygens (including phenoxy) is 1. The standard InChI is InChI=1S/C19H28N2O4/c1-14-4-5-17(11-16(14)12-20)25-10-8-15-3-2-9-21(13-15)18(22)6-7-19(23)24/h4-5,11,15H,2-3,6-10,12-13,20H2,1H3,(H,23,24). The van der Waals surface area contributed by atoms with E-state index in [9.17, 15) is 9.59 Å². The van der Waals surface area contributed by atoms with Gasteiger partial charge in [0.1, 0.15) is 5.75 Å². The summed E-state index contributed by atoms with van der Waals surface area (Å²) in [4.78, 5) is 24.5. The molecule has 2 rings (SSSR count). The maximum absolute atomic E-state index is 12.1. The van der Waals surface area contributed by atoms with Crippen molar-refractivity contribution in [3.8, 4) is 5.75 Å². The van der Waals surface area contributed by atoms with Gasteiger partial charge in [0.25, 0.3) is 0 Å². The molecule has 3 N–H and O–H groups in total. The molecule has 1 aliphatic heterocycles. The van der Waals surface area contributed by atoms with Gasteiger partial charge in [0, 0.05) is 26.1 Å². The normalized spacial score (nSPS) is 17.4. The molecule has 0 aromatic heterocycles. The van der Waals surface area contributed by atoms with E-state index in [0.717, 1.165) is 42.7 Å². The van der Waals surface area contributed by atoms with Crippen molar-refractivity contribution in [1.82, 2.24) is 4.90 Å².